The number of unbranched alkanes of at least 4 members (excludes halogenated alkanes) is 1. The van der Waals surface area contributed by atoms with Crippen LogP contribution in [0.15, 0.2) is 24.3 Å². The van der Waals surface area contributed by atoms with E-state index in [0.29, 0.717) is 0 Å². The van der Waals surface area contributed by atoms with Crippen LogP contribution in [-0.4, -0.2) is 49.6 Å². The van der Waals surface area contributed by atoms with Crippen molar-refractivity contribution in [1.29, 1.82) is 0 Å². The zero-order valence-electron chi connectivity index (χ0n) is 12.1. The van der Waals surface area contributed by atoms with Crippen LogP contribution in [0, 0.1) is 0 Å². The Hall–Kier alpha value is -0.900. The largest absolute Gasteiger partial charge is 0.330 e. The van der Waals surface area contributed by atoms with Gasteiger partial charge in [0.25, 0.3) is 0 Å². The number of nitrogens with two attached hydrogens (primary N) is 1. The summed E-state index contributed by atoms with van der Waals surface area (Å²) in [5, 5.41) is 0. The van der Waals surface area contributed by atoms with E-state index in [1.54, 1.807) is 0 Å². The third-order valence-corrected chi connectivity index (χ3v) is 4.01. The molecular weight excluding hydrogens is 234 g/mol. The third kappa shape index (κ3) is 4.60. The molecule has 3 heteroatoms. The lowest BCUT2D eigenvalue weighted by atomic mass is 10.0. The highest BCUT2D eigenvalue weighted by Gasteiger charge is 2.14. The summed E-state index contributed by atoms with van der Waals surface area (Å²) in [4.78, 5) is 4.98. The Labute approximate surface area is 117 Å². The number of benzene rings is 1. The van der Waals surface area contributed by atoms with Crippen molar-refractivity contribution < 1.29 is 0 Å². The quantitative estimate of drug-likeness (QED) is 0.791. The van der Waals surface area contributed by atoms with Gasteiger partial charge in [-0.1, -0.05) is 24.3 Å². The first-order chi connectivity index (χ1) is 9.29. The maximum absolute atomic E-state index is 5.58. The minimum atomic E-state index is 0.806. The molecule has 1 aliphatic heterocycles. The first kappa shape index (κ1) is 14.5. The fraction of sp³-hybridized carbons (Fsp3) is 0.625. The number of nitrogens with zero attached hydrogens (tertiary/aromatic N) is 2. The Morgan fingerprint density at radius 3 is 2.37 bits per heavy atom. The summed E-state index contributed by atoms with van der Waals surface area (Å²) in [6.07, 6.45) is 3.50. The normalized spacial score (nSPS) is 17.8. The second-order valence-electron chi connectivity index (χ2n) is 5.59. The van der Waals surface area contributed by atoms with Gasteiger partial charge in [0.1, 0.15) is 0 Å². The van der Waals surface area contributed by atoms with Gasteiger partial charge >= 0.3 is 0 Å². The first-order valence-electron chi connectivity index (χ1n) is 7.47. The molecule has 0 spiro atoms. The van der Waals surface area contributed by atoms with E-state index in [1.807, 2.05) is 0 Å². The van der Waals surface area contributed by atoms with Crippen LogP contribution in [-0.2, 0) is 13.0 Å². The van der Waals surface area contributed by atoms with Crippen molar-refractivity contribution in [2.45, 2.75) is 25.8 Å². The minimum absolute atomic E-state index is 0.806. The zero-order valence-corrected chi connectivity index (χ0v) is 12.1. The Morgan fingerprint density at radius 2 is 1.68 bits per heavy atom. The Balaban J connectivity index is 1.91. The van der Waals surface area contributed by atoms with Gasteiger partial charge in [0, 0.05) is 32.7 Å². The molecule has 0 bridgehead atoms. The summed E-state index contributed by atoms with van der Waals surface area (Å²) < 4.78 is 0. The standard InChI is InChI=1S/C16H27N3/c1-18-10-12-19(13-11-18)14-16-8-3-2-6-15(16)7-4-5-9-17/h2-3,6,8H,4-5,7,9-14,17H2,1H3. The van der Waals surface area contributed by atoms with Gasteiger partial charge in [-0.05, 0) is 44.0 Å². The van der Waals surface area contributed by atoms with E-state index < -0.39 is 0 Å². The number of piperazine rings is 1. The summed E-state index contributed by atoms with van der Waals surface area (Å²) in [7, 11) is 2.21. The van der Waals surface area contributed by atoms with Crippen LogP contribution in [0.4, 0.5) is 0 Å². The summed E-state index contributed by atoms with van der Waals surface area (Å²) in [5.74, 6) is 0. The van der Waals surface area contributed by atoms with E-state index in [-0.39, 0.29) is 0 Å². The summed E-state index contributed by atoms with van der Waals surface area (Å²) in [6.45, 7) is 6.67. The second-order valence-corrected chi connectivity index (χ2v) is 5.59. The van der Waals surface area contributed by atoms with Gasteiger partial charge in [0.05, 0.1) is 0 Å². The molecule has 19 heavy (non-hydrogen) atoms. The van der Waals surface area contributed by atoms with Crippen molar-refractivity contribution >= 4 is 0 Å². The molecule has 1 aliphatic rings. The van der Waals surface area contributed by atoms with Crippen molar-refractivity contribution in [1.82, 2.24) is 9.80 Å². The van der Waals surface area contributed by atoms with Gasteiger partial charge in [-0.15, -0.1) is 0 Å². The van der Waals surface area contributed by atoms with Gasteiger partial charge < -0.3 is 10.6 Å². The highest BCUT2D eigenvalue weighted by Crippen LogP contribution is 2.15. The molecule has 2 rings (SSSR count). The minimum Gasteiger partial charge on any atom is -0.330 e. The van der Waals surface area contributed by atoms with Crippen LogP contribution in [0.3, 0.4) is 0 Å². The Morgan fingerprint density at radius 1 is 1.00 bits per heavy atom. The molecule has 0 atom stereocenters. The lowest BCUT2D eigenvalue weighted by Crippen LogP contribution is -2.44. The number of rotatable bonds is 6. The molecule has 0 aliphatic carbocycles. The Kier molecular flexibility index (Phi) is 5.83. The molecule has 106 valence electrons. The first-order valence-corrected chi connectivity index (χ1v) is 7.47. The van der Waals surface area contributed by atoms with E-state index in [9.17, 15) is 0 Å². The van der Waals surface area contributed by atoms with E-state index in [0.717, 1.165) is 19.5 Å². The number of likely N-dealkylation sites (N-methyl/N-ethyl adjacent to an activating group) is 1. The van der Waals surface area contributed by atoms with E-state index in [4.69, 9.17) is 5.73 Å². The average molecular weight is 261 g/mol. The SMILES string of the molecule is CN1CCN(Cc2ccccc2CCCCN)CC1. The average Bonchev–Trinajstić information content (AvgIpc) is 2.43. The molecule has 2 N–H and O–H groups in total. The number of aryl methyl sites for hydroxylation is 1. The fourth-order valence-corrected chi connectivity index (χ4v) is 2.66. The van der Waals surface area contributed by atoms with Crippen molar-refractivity contribution in [3.8, 4) is 0 Å². The molecule has 1 heterocycles. The molecule has 0 amide bonds. The van der Waals surface area contributed by atoms with Gasteiger partial charge in [-0.25, -0.2) is 0 Å². The van der Waals surface area contributed by atoms with Crippen LogP contribution in [0.25, 0.3) is 0 Å². The second kappa shape index (κ2) is 7.63. The summed E-state index contributed by atoms with van der Waals surface area (Å²) in [6, 6.07) is 8.89. The molecule has 3 nitrogen and oxygen atoms in total. The van der Waals surface area contributed by atoms with E-state index >= 15 is 0 Å². The predicted octanol–water partition coefficient (Wildman–Crippen LogP) is 1.72. The van der Waals surface area contributed by atoms with E-state index in [2.05, 4.69) is 41.1 Å². The molecule has 1 aromatic rings. The van der Waals surface area contributed by atoms with Gasteiger partial charge in [-0.2, -0.15) is 0 Å². The monoisotopic (exact) mass is 261 g/mol. The summed E-state index contributed by atoms with van der Waals surface area (Å²) >= 11 is 0. The summed E-state index contributed by atoms with van der Waals surface area (Å²) in [5.41, 5.74) is 8.59. The van der Waals surface area contributed by atoms with Gasteiger partial charge in [0.2, 0.25) is 0 Å². The maximum Gasteiger partial charge on any atom is 0.0237 e. The number of hydrogen-bond donors (Lipinski definition) is 1. The predicted molar refractivity (Wildman–Crippen MR) is 81.2 cm³/mol. The maximum atomic E-state index is 5.58. The number of hydrogen-bond acceptors (Lipinski definition) is 3. The molecule has 1 saturated heterocycles. The lowest BCUT2D eigenvalue weighted by molar-refractivity contribution is 0.148. The molecule has 1 aromatic carbocycles. The molecule has 1 fully saturated rings. The van der Waals surface area contributed by atoms with Crippen LogP contribution in [0.5, 0.6) is 0 Å². The smallest absolute Gasteiger partial charge is 0.0237 e. The fourth-order valence-electron chi connectivity index (χ4n) is 2.66. The van der Waals surface area contributed by atoms with Crippen LogP contribution in [0.1, 0.15) is 24.0 Å². The topological polar surface area (TPSA) is 32.5 Å². The molecular formula is C16H27N3. The van der Waals surface area contributed by atoms with Crippen LogP contribution >= 0.6 is 0 Å². The third-order valence-electron chi connectivity index (χ3n) is 4.01. The zero-order chi connectivity index (χ0) is 13.5. The molecule has 0 unspecified atom stereocenters. The highest BCUT2D eigenvalue weighted by molar-refractivity contribution is 5.27. The molecule has 0 saturated carbocycles. The van der Waals surface area contributed by atoms with Crippen molar-refractivity contribution in [3.63, 3.8) is 0 Å². The van der Waals surface area contributed by atoms with Crippen LogP contribution in [0.2, 0.25) is 0 Å². The van der Waals surface area contributed by atoms with Crippen molar-refractivity contribution in [2.75, 3.05) is 39.8 Å². The van der Waals surface area contributed by atoms with Gasteiger partial charge in [-0.3, -0.25) is 4.90 Å². The highest BCUT2D eigenvalue weighted by atomic mass is 15.2. The molecule has 0 aromatic heterocycles. The van der Waals surface area contributed by atoms with Crippen molar-refractivity contribution in [2.24, 2.45) is 5.73 Å². The lowest BCUT2D eigenvalue weighted by Gasteiger charge is -2.32. The van der Waals surface area contributed by atoms with Crippen molar-refractivity contribution in [3.05, 3.63) is 35.4 Å². The van der Waals surface area contributed by atoms with Gasteiger partial charge in [0.15, 0.2) is 0 Å². The Bertz CT molecular complexity index is 370. The van der Waals surface area contributed by atoms with E-state index in [1.165, 1.54) is 50.1 Å². The molecule has 0 radical (unpaired) electrons. The van der Waals surface area contributed by atoms with Crippen LogP contribution < -0.4 is 5.73 Å².